The normalized spacial score (nSPS) is 17.3. The first-order valence-corrected chi connectivity index (χ1v) is 11.3. The SMILES string of the molecule is COC(=O)Cc1cn(CC(=O)N2C[C@H](O)C[C@H]2C(=O)NCc2ccc(-c3ccccc3)cc2)nn1. The van der Waals surface area contributed by atoms with Crippen LogP contribution in [0.3, 0.4) is 0 Å². The van der Waals surface area contributed by atoms with Gasteiger partial charge in [0.2, 0.25) is 11.8 Å². The number of benzene rings is 2. The highest BCUT2D eigenvalue weighted by molar-refractivity contribution is 5.88. The molecule has 2 heterocycles. The van der Waals surface area contributed by atoms with E-state index < -0.39 is 18.1 Å². The second-order valence-electron chi connectivity index (χ2n) is 8.39. The third-order valence-corrected chi connectivity index (χ3v) is 5.87. The summed E-state index contributed by atoms with van der Waals surface area (Å²) in [4.78, 5) is 38.5. The number of likely N-dealkylation sites (tertiary alicyclic amines) is 1. The van der Waals surface area contributed by atoms with Gasteiger partial charge < -0.3 is 20.1 Å². The summed E-state index contributed by atoms with van der Waals surface area (Å²) in [6, 6.07) is 17.1. The van der Waals surface area contributed by atoms with E-state index in [1.165, 1.54) is 22.9 Å². The molecule has 2 aromatic carbocycles. The number of methoxy groups -OCH3 is 1. The van der Waals surface area contributed by atoms with E-state index in [1.54, 1.807) is 0 Å². The number of rotatable bonds is 8. The lowest BCUT2D eigenvalue weighted by Crippen LogP contribution is -2.46. The molecule has 0 spiro atoms. The maximum absolute atomic E-state index is 12.9. The first-order chi connectivity index (χ1) is 16.9. The van der Waals surface area contributed by atoms with Gasteiger partial charge in [-0.1, -0.05) is 59.8 Å². The molecule has 10 heteroatoms. The average Bonchev–Trinajstić information content (AvgIpc) is 3.49. The zero-order valence-corrected chi connectivity index (χ0v) is 19.3. The minimum absolute atomic E-state index is 0.0511. The van der Waals surface area contributed by atoms with E-state index in [0.717, 1.165) is 16.7 Å². The molecule has 2 N–H and O–H groups in total. The van der Waals surface area contributed by atoms with Gasteiger partial charge in [0.05, 0.1) is 25.3 Å². The first kappa shape index (κ1) is 24.1. The zero-order valence-electron chi connectivity index (χ0n) is 19.3. The Balaban J connectivity index is 1.33. The van der Waals surface area contributed by atoms with E-state index in [-0.39, 0.29) is 37.7 Å². The van der Waals surface area contributed by atoms with E-state index in [4.69, 9.17) is 0 Å². The molecule has 10 nitrogen and oxygen atoms in total. The predicted molar refractivity (Wildman–Crippen MR) is 126 cm³/mol. The van der Waals surface area contributed by atoms with Crippen LogP contribution in [-0.4, -0.2) is 68.6 Å². The van der Waals surface area contributed by atoms with Crippen LogP contribution in [0.1, 0.15) is 17.7 Å². The monoisotopic (exact) mass is 477 g/mol. The van der Waals surface area contributed by atoms with Crippen molar-refractivity contribution in [2.24, 2.45) is 0 Å². The number of ether oxygens (including phenoxy) is 1. The summed E-state index contributed by atoms with van der Waals surface area (Å²) in [5.41, 5.74) is 3.50. The molecule has 2 amide bonds. The van der Waals surface area contributed by atoms with E-state index in [1.807, 2.05) is 54.6 Å². The van der Waals surface area contributed by atoms with Gasteiger partial charge in [0.25, 0.3) is 0 Å². The molecule has 0 radical (unpaired) electrons. The number of esters is 1. The van der Waals surface area contributed by atoms with Gasteiger partial charge in [-0.05, 0) is 16.7 Å². The number of hydrogen-bond donors (Lipinski definition) is 2. The Morgan fingerprint density at radius 2 is 1.80 bits per heavy atom. The molecule has 3 aromatic rings. The van der Waals surface area contributed by atoms with Gasteiger partial charge in [0.1, 0.15) is 12.6 Å². The zero-order chi connectivity index (χ0) is 24.8. The van der Waals surface area contributed by atoms with Crippen molar-refractivity contribution >= 4 is 17.8 Å². The highest BCUT2D eigenvalue weighted by Crippen LogP contribution is 2.21. The van der Waals surface area contributed by atoms with Gasteiger partial charge in [-0.15, -0.1) is 5.10 Å². The molecule has 1 aromatic heterocycles. The van der Waals surface area contributed by atoms with E-state index in [0.29, 0.717) is 12.2 Å². The standard InChI is InChI=1S/C25H27N5O5/c1-35-24(33)11-20-14-29(28-27-20)16-23(32)30-15-21(31)12-22(30)25(34)26-13-17-7-9-19(10-8-17)18-5-3-2-4-6-18/h2-10,14,21-22,31H,11-13,15-16H2,1H3,(H,26,34)/t21-,22+/m1/s1. The van der Waals surface area contributed by atoms with Gasteiger partial charge in [0.15, 0.2) is 0 Å². The number of nitrogens with one attached hydrogen (secondary N) is 1. The molecular formula is C25H27N5O5. The van der Waals surface area contributed by atoms with Crippen molar-refractivity contribution in [3.8, 4) is 11.1 Å². The minimum atomic E-state index is -0.787. The highest BCUT2D eigenvalue weighted by atomic mass is 16.5. The number of aliphatic hydroxyl groups is 1. The smallest absolute Gasteiger partial charge is 0.311 e. The topological polar surface area (TPSA) is 127 Å². The van der Waals surface area contributed by atoms with Gasteiger partial charge >= 0.3 is 5.97 Å². The van der Waals surface area contributed by atoms with Crippen LogP contribution in [0.25, 0.3) is 11.1 Å². The number of β-amino-alcohol motifs (C(OH)–C–C–N with tert-alkyl or cyclic N) is 1. The third-order valence-electron chi connectivity index (χ3n) is 5.87. The van der Waals surface area contributed by atoms with E-state index >= 15 is 0 Å². The maximum atomic E-state index is 12.9. The number of aromatic nitrogens is 3. The van der Waals surface area contributed by atoms with Gasteiger partial charge in [-0.25, -0.2) is 4.68 Å². The summed E-state index contributed by atoms with van der Waals surface area (Å²) >= 11 is 0. The van der Waals surface area contributed by atoms with Crippen molar-refractivity contribution in [2.45, 2.75) is 38.1 Å². The number of amides is 2. The minimum Gasteiger partial charge on any atom is -0.469 e. The predicted octanol–water partition coefficient (Wildman–Crippen LogP) is 0.939. The molecular weight excluding hydrogens is 450 g/mol. The van der Waals surface area contributed by atoms with Crippen LogP contribution >= 0.6 is 0 Å². The Morgan fingerprint density at radius 3 is 2.51 bits per heavy atom. The van der Waals surface area contributed by atoms with Crippen LogP contribution in [0.5, 0.6) is 0 Å². The molecule has 0 unspecified atom stereocenters. The fourth-order valence-corrected chi connectivity index (χ4v) is 4.04. The van der Waals surface area contributed by atoms with E-state index in [2.05, 4.69) is 20.4 Å². The summed E-state index contributed by atoms with van der Waals surface area (Å²) in [6.45, 7) is 0.209. The number of carbonyl (C=O) groups is 3. The molecule has 35 heavy (non-hydrogen) atoms. The first-order valence-electron chi connectivity index (χ1n) is 11.3. The molecule has 0 saturated carbocycles. The third kappa shape index (κ3) is 6.10. The van der Waals surface area contributed by atoms with Crippen molar-refractivity contribution in [3.63, 3.8) is 0 Å². The van der Waals surface area contributed by atoms with Crippen molar-refractivity contribution < 1.29 is 24.2 Å². The summed E-state index contributed by atoms with van der Waals surface area (Å²) in [7, 11) is 1.28. The molecule has 1 aliphatic heterocycles. The molecule has 0 aliphatic carbocycles. The Hall–Kier alpha value is -4.05. The Bertz CT molecular complexity index is 1180. The Morgan fingerprint density at radius 1 is 1.09 bits per heavy atom. The van der Waals surface area contributed by atoms with Crippen molar-refractivity contribution in [1.29, 1.82) is 0 Å². The quantitative estimate of drug-likeness (QED) is 0.462. The highest BCUT2D eigenvalue weighted by Gasteiger charge is 2.38. The van der Waals surface area contributed by atoms with Gasteiger partial charge in [-0.3, -0.25) is 14.4 Å². The summed E-state index contributed by atoms with van der Waals surface area (Å²) in [5.74, 6) is -1.16. The number of carbonyl (C=O) groups excluding carboxylic acids is 3. The second-order valence-corrected chi connectivity index (χ2v) is 8.39. The van der Waals surface area contributed by atoms with Crippen molar-refractivity contribution in [1.82, 2.24) is 25.2 Å². The lowest BCUT2D eigenvalue weighted by molar-refractivity contribution is -0.139. The van der Waals surface area contributed by atoms with Gasteiger partial charge in [-0.2, -0.15) is 0 Å². The Kier molecular flexibility index (Phi) is 7.51. The van der Waals surface area contributed by atoms with Crippen LogP contribution in [0.4, 0.5) is 0 Å². The van der Waals surface area contributed by atoms with E-state index in [9.17, 15) is 19.5 Å². The largest absolute Gasteiger partial charge is 0.469 e. The number of nitrogens with zero attached hydrogens (tertiary/aromatic N) is 4. The number of hydrogen-bond acceptors (Lipinski definition) is 7. The molecule has 1 aliphatic rings. The Labute approximate surface area is 202 Å². The lowest BCUT2D eigenvalue weighted by atomic mass is 10.0. The molecule has 182 valence electrons. The number of aliphatic hydroxyl groups excluding tert-OH is 1. The van der Waals surface area contributed by atoms with Crippen LogP contribution < -0.4 is 5.32 Å². The summed E-state index contributed by atoms with van der Waals surface area (Å²) < 4.78 is 5.90. The van der Waals surface area contributed by atoms with Crippen LogP contribution in [0.15, 0.2) is 60.8 Å². The van der Waals surface area contributed by atoms with Crippen LogP contribution in [0, 0.1) is 0 Å². The van der Waals surface area contributed by atoms with Crippen LogP contribution in [0.2, 0.25) is 0 Å². The fourth-order valence-electron chi connectivity index (χ4n) is 4.04. The molecule has 2 atom stereocenters. The fraction of sp³-hybridized carbons (Fsp3) is 0.320. The molecule has 1 saturated heterocycles. The van der Waals surface area contributed by atoms with Crippen molar-refractivity contribution in [3.05, 3.63) is 72.1 Å². The van der Waals surface area contributed by atoms with Crippen molar-refractivity contribution in [2.75, 3.05) is 13.7 Å². The second kappa shape index (κ2) is 10.9. The molecule has 1 fully saturated rings. The van der Waals surface area contributed by atoms with Crippen LogP contribution in [-0.2, 0) is 38.6 Å². The average molecular weight is 478 g/mol. The summed E-state index contributed by atoms with van der Waals surface area (Å²) in [6.07, 6.45) is 0.806. The molecule has 0 bridgehead atoms. The molecule has 4 rings (SSSR count). The maximum Gasteiger partial charge on any atom is 0.311 e. The summed E-state index contributed by atoms with van der Waals surface area (Å²) in [5, 5.41) is 20.7. The lowest BCUT2D eigenvalue weighted by Gasteiger charge is -2.23. The van der Waals surface area contributed by atoms with Gasteiger partial charge in [0, 0.05) is 25.7 Å².